The molecule has 2 atom stereocenters. The van der Waals surface area contributed by atoms with Gasteiger partial charge in [0.2, 0.25) is 0 Å². The zero-order valence-corrected chi connectivity index (χ0v) is 61.0. The maximum Gasteiger partial charge on any atom is 0.306 e. The van der Waals surface area contributed by atoms with Crippen LogP contribution in [0.3, 0.4) is 0 Å². The number of likely N-dealkylation sites (N-methyl/N-ethyl adjacent to an activating group) is 1. The van der Waals surface area contributed by atoms with Crippen LogP contribution in [0.15, 0.2) is 72.9 Å². The van der Waals surface area contributed by atoms with Gasteiger partial charge >= 0.3 is 11.9 Å². The average molecular weight is 1280 g/mol. The zero-order valence-electron chi connectivity index (χ0n) is 60.1. The summed E-state index contributed by atoms with van der Waals surface area (Å²) in [5.74, 6) is -0.830. The number of carbonyl (C=O) groups is 2. The van der Waals surface area contributed by atoms with Crippen molar-refractivity contribution in [2.45, 2.75) is 380 Å². The third-order valence-corrected chi connectivity index (χ3v) is 18.2. The molecule has 0 bridgehead atoms. The van der Waals surface area contributed by atoms with Crippen LogP contribution in [0.1, 0.15) is 373 Å². The van der Waals surface area contributed by atoms with Crippen molar-refractivity contribution in [3.8, 4) is 0 Å². The van der Waals surface area contributed by atoms with Gasteiger partial charge in [-0.25, -0.2) is 0 Å². The van der Waals surface area contributed by atoms with Gasteiger partial charge in [-0.05, 0) is 64.2 Å². The smallest absolute Gasteiger partial charge is 0.306 e. The van der Waals surface area contributed by atoms with Crippen LogP contribution in [0.4, 0.5) is 0 Å². The summed E-state index contributed by atoms with van der Waals surface area (Å²) in [6.07, 6.45) is 96.0. The number of nitrogens with zero attached hydrogens (tertiary/aromatic N) is 1. The van der Waals surface area contributed by atoms with E-state index in [9.17, 15) is 19.0 Å². The first-order chi connectivity index (χ1) is 44.0. The first kappa shape index (κ1) is 87.5. The molecule has 0 aromatic rings. The second-order valence-electron chi connectivity index (χ2n) is 27.4. The van der Waals surface area contributed by atoms with Gasteiger partial charge in [0.25, 0.3) is 7.82 Å². The monoisotopic (exact) mass is 1280 g/mol. The van der Waals surface area contributed by atoms with E-state index in [4.69, 9.17) is 18.5 Å². The molecule has 0 fully saturated rings. The summed E-state index contributed by atoms with van der Waals surface area (Å²) in [6, 6.07) is 0. The zero-order chi connectivity index (χ0) is 65.5. The maximum atomic E-state index is 12.9. The van der Waals surface area contributed by atoms with Gasteiger partial charge in [0.05, 0.1) is 27.7 Å². The van der Waals surface area contributed by atoms with E-state index in [0.717, 1.165) is 83.5 Å². The van der Waals surface area contributed by atoms with Crippen LogP contribution < -0.4 is 4.89 Å². The van der Waals surface area contributed by atoms with Crippen LogP contribution in [0.5, 0.6) is 0 Å². The van der Waals surface area contributed by atoms with E-state index >= 15 is 0 Å². The predicted molar refractivity (Wildman–Crippen MR) is 388 cm³/mol. The molecule has 526 valence electrons. The summed E-state index contributed by atoms with van der Waals surface area (Å²) < 4.78 is 34.4. The standard InChI is InChI=1S/C80H148NO8P/c1-6-8-10-12-14-16-18-20-22-24-26-28-30-32-34-35-36-37-38-39-40-41-42-43-44-45-47-48-50-52-54-56-58-60-62-64-66-68-70-72-79(82)86-76-78(77-88-90(84,85)87-75-74-81(3,4)5)89-80(83)73-71-69-67-65-63-61-59-57-55-53-51-49-46-33-31-29-27-25-23-21-19-17-15-13-11-9-7-2/h9,11,15,17,21,23,27,29,33,46,51,53,78H,6-8,10,12-14,16,18-20,22,24-26,28,30-32,34-45,47-50,52,54-77H2,1-5H3/b11-9-,17-15-,23-21-,29-27-,46-33-,53-51-. The van der Waals surface area contributed by atoms with Gasteiger partial charge in [0, 0.05) is 12.8 Å². The highest BCUT2D eigenvalue weighted by Crippen LogP contribution is 2.38. The van der Waals surface area contributed by atoms with Crippen LogP contribution in [-0.4, -0.2) is 70.0 Å². The highest BCUT2D eigenvalue weighted by molar-refractivity contribution is 7.45. The number of rotatable bonds is 72. The van der Waals surface area contributed by atoms with E-state index in [1.54, 1.807) is 0 Å². The molecule has 0 amide bonds. The molecular weight excluding hydrogens is 1130 g/mol. The lowest BCUT2D eigenvalue weighted by Crippen LogP contribution is -2.37. The molecule has 10 heteroatoms. The maximum absolute atomic E-state index is 12.9. The number of phosphoric acid groups is 1. The van der Waals surface area contributed by atoms with Crippen LogP contribution in [0.25, 0.3) is 0 Å². The van der Waals surface area contributed by atoms with Crippen LogP contribution in [0.2, 0.25) is 0 Å². The Bertz CT molecular complexity index is 1750. The molecule has 0 heterocycles. The Balaban J connectivity index is 3.93. The summed E-state index contributed by atoms with van der Waals surface area (Å²) in [5.41, 5.74) is 0. The summed E-state index contributed by atoms with van der Waals surface area (Å²) in [6.45, 7) is 4.17. The van der Waals surface area contributed by atoms with Crippen LogP contribution in [0, 0.1) is 0 Å². The number of quaternary nitrogens is 1. The Morgan fingerprint density at radius 3 is 0.944 bits per heavy atom. The van der Waals surface area contributed by atoms with Crippen molar-refractivity contribution >= 4 is 19.8 Å². The molecule has 0 saturated carbocycles. The van der Waals surface area contributed by atoms with Gasteiger partial charge in [-0.2, -0.15) is 0 Å². The lowest BCUT2D eigenvalue weighted by atomic mass is 10.0. The van der Waals surface area contributed by atoms with E-state index in [0.29, 0.717) is 17.4 Å². The third-order valence-electron chi connectivity index (χ3n) is 17.2. The number of unbranched alkanes of at least 4 members (excludes halogenated alkanes) is 46. The summed E-state index contributed by atoms with van der Waals surface area (Å²) in [5, 5.41) is 0. The fourth-order valence-electron chi connectivity index (χ4n) is 11.4. The third kappa shape index (κ3) is 74.5. The molecule has 2 unspecified atom stereocenters. The molecule has 0 rings (SSSR count). The molecule has 90 heavy (non-hydrogen) atoms. The van der Waals surface area contributed by atoms with E-state index in [1.807, 2.05) is 21.1 Å². The topological polar surface area (TPSA) is 111 Å². The van der Waals surface area contributed by atoms with Crippen molar-refractivity contribution in [3.05, 3.63) is 72.9 Å². The second kappa shape index (κ2) is 70.8. The van der Waals surface area contributed by atoms with Crippen LogP contribution >= 0.6 is 7.82 Å². The second-order valence-corrected chi connectivity index (χ2v) is 28.8. The predicted octanol–water partition coefficient (Wildman–Crippen LogP) is 24.9. The summed E-state index contributed by atoms with van der Waals surface area (Å²) in [7, 11) is 1.17. The molecule has 0 aromatic carbocycles. The minimum absolute atomic E-state index is 0.0339. The van der Waals surface area contributed by atoms with E-state index in [1.165, 1.54) is 257 Å². The SMILES string of the molecule is CC/C=C\C/C=C\C/C=C\C/C=C\C/C=C\C/C=C\CCCCCCCCCCC(=O)OC(COC(=O)CCCCCCCCCCCCCCCCCCCCCCCCCCCCCCCCCCCCCCCCC)COP(=O)([O-])OCC[N+](C)(C)C. The molecule has 0 aromatic heterocycles. The van der Waals surface area contributed by atoms with Crippen LogP contribution in [-0.2, 0) is 32.7 Å². The normalized spacial score (nSPS) is 13.4. The minimum atomic E-state index is -4.65. The fourth-order valence-corrected chi connectivity index (χ4v) is 12.1. The Morgan fingerprint density at radius 1 is 0.356 bits per heavy atom. The Hall–Kier alpha value is -2.55. The molecule has 0 aliphatic rings. The van der Waals surface area contributed by atoms with Crippen molar-refractivity contribution in [1.29, 1.82) is 0 Å². The molecule has 0 spiro atoms. The fraction of sp³-hybridized carbons (Fsp3) is 0.825. The van der Waals surface area contributed by atoms with Gasteiger partial charge in [0.1, 0.15) is 19.8 Å². The quantitative estimate of drug-likeness (QED) is 0.0195. The number of carbonyl (C=O) groups excluding carboxylic acids is 2. The molecule has 9 nitrogen and oxygen atoms in total. The van der Waals surface area contributed by atoms with Gasteiger partial charge in [-0.15, -0.1) is 0 Å². The molecule has 0 radical (unpaired) electrons. The van der Waals surface area contributed by atoms with Crippen molar-refractivity contribution in [2.24, 2.45) is 0 Å². The highest BCUT2D eigenvalue weighted by Gasteiger charge is 2.22. The number of hydrogen-bond acceptors (Lipinski definition) is 8. The van der Waals surface area contributed by atoms with Gasteiger partial charge in [0.15, 0.2) is 6.10 Å². The molecule has 0 N–H and O–H groups in total. The number of ether oxygens (including phenoxy) is 2. The van der Waals surface area contributed by atoms with E-state index < -0.39 is 26.5 Å². The Labute approximate surface area is 559 Å². The van der Waals surface area contributed by atoms with E-state index in [2.05, 4.69) is 86.8 Å². The lowest BCUT2D eigenvalue weighted by molar-refractivity contribution is -0.870. The molecular formula is C80H148NO8P. The number of phosphoric ester groups is 1. The lowest BCUT2D eigenvalue weighted by Gasteiger charge is -2.28. The summed E-state index contributed by atoms with van der Waals surface area (Å²) in [4.78, 5) is 38.1. The Morgan fingerprint density at radius 2 is 0.633 bits per heavy atom. The first-order valence-electron chi connectivity index (χ1n) is 38.6. The minimum Gasteiger partial charge on any atom is -0.756 e. The molecule has 0 aliphatic carbocycles. The molecule has 0 aliphatic heterocycles. The largest absolute Gasteiger partial charge is 0.756 e. The van der Waals surface area contributed by atoms with Gasteiger partial charge < -0.3 is 27.9 Å². The van der Waals surface area contributed by atoms with Gasteiger partial charge in [-0.3, -0.25) is 14.2 Å². The van der Waals surface area contributed by atoms with Crippen molar-refractivity contribution in [3.63, 3.8) is 0 Å². The summed E-state index contributed by atoms with van der Waals surface area (Å²) >= 11 is 0. The first-order valence-corrected chi connectivity index (χ1v) is 40.1. The average Bonchev–Trinajstić information content (AvgIpc) is 3.61. The van der Waals surface area contributed by atoms with Crippen molar-refractivity contribution in [1.82, 2.24) is 0 Å². The van der Waals surface area contributed by atoms with E-state index in [-0.39, 0.29) is 32.0 Å². The van der Waals surface area contributed by atoms with Gasteiger partial charge in [-0.1, -0.05) is 369 Å². The number of allylic oxidation sites excluding steroid dienone is 12. The number of hydrogen-bond donors (Lipinski definition) is 0. The number of esters is 2. The highest BCUT2D eigenvalue weighted by atomic mass is 31.2. The van der Waals surface area contributed by atoms with Crippen molar-refractivity contribution < 1.29 is 42.1 Å². The molecule has 0 saturated heterocycles. The Kier molecular flexibility index (Phi) is 68.8. The van der Waals surface area contributed by atoms with Crippen molar-refractivity contribution in [2.75, 3.05) is 47.5 Å².